The van der Waals surface area contributed by atoms with Gasteiger partial charge in [0.1, 0.15) is 11.5 Å². The maximum atomic E-state index is 12.2. The molecule has 3 rings (SSSR count). The molecule has 2 aromatic rings. The fraction of sp³-hybridized carbons (Fsp3) is 0.314. The minimum atomic E-state index is -0.530. The molecule has 0 aromatic heterocycles. The van der Waals surface area contributed by atoms with Crippen molar-refractivity contribution < 1.29 is 42.9 Å². The smallest absolute Gasteiger partial charge is 0.336 e. The normalized spacial score (nSPS) is 16.2. The van der Waals surface area contributed by atoms with Gasteiger partial charge in [-0.3, -0.25) is 0 Å². The number of rotatable bonds is 16. The largest absolute Gasteiger partial charge is 0.493 e. The van der Waals surface area contributed by atoms with Gasteiger partial charge in [0, 0.05) is 30.7 Å². The van der Waals surface area contributed by atoms with E-state index < -0.39 is 23.9 Å². The van der Waals surface area contributed by atoms with Gasteiger partial charge in [-0.05, 0) is 85.1 Å². The van der Waals surface area contributed by atoms with Gasteiger partial charge in [-0.1, -0.05) is 37.4 Å². The predicted molar refractivity (Wildman–Crippen MR) is 165 cm³/mol. The van der Waals surface area contributed by atoms with E-state index in [0.717, 1.165) is 42.9 Å². The molecule has 0 amide bonds. The van der Waals surface area contributed by atoms with Gasteiger partial charge in [-0.25, -0.2) is 19.2 Å². The molecular formula is C35H38O9. The van der Waals surface area contributed by atoms with Crippen LogP contribution in [0.15, 0.2) is 86.0 Å². The molecule has 232 valence electrons. The Balaban J connectivity index is 1.33. The van der Waals surface area contributed by atoms with E-state index >= 15 is 0 Å². The second-order valence-corrected chi connectivity index (χ2v) is 10.2. The number of hydrogen-bond acceptors (Lipinski definition) is 9. The molecule has 0 N–H and O–H groups in total. The van der Waals surface area contributed by atoms with Crippen molar-refractivity contribution in [3.05, 3.63) is 97.1 Å². The first-order chi connectivity index (χ1) is 21.3. The van der Waals surface area contributed by atoms with Crippen LogP contribution in [0.25, 0.3) is 12.2 Å². The molecule has 0 saturated heterocycles. The number of carbonyl (C=O) groups excluding carboxylic acids is 4. The van der Waals surface area contributed by atoms with Crippen LogP contribution in [0.4, 0.5) is 0 Å². The van der Waals surface area contributed by atoms with Gasteiger partial charge in [0.15, 0.2) is 0 Å². The van der Waals surface area contributed by atoms with E-state index in [1.165, 1.54) is 18.2 Å². The third-order valence-corrected chi connectivity index (χ3v) is 6.83. The lowest BCUT2D eigenvalue weighted by molar-refractivity contribution is -0.141. The summed E-state index contributed by atoms with van der Waals surface area (Å²) in [4.78, 5) is 46.6. The monoisotopic (exact) mass is 602 g/mol. The molecule has 0 radical (unpaired) electrons. The zero-order valence-corrected chi connectivity index (χ0v) is 24.7. The van der Waals surface area contributed by atoms with E-state index in [1.807, 2.05) is 0 Å². The van der Waals surface area contributed by atoms with Gasteiger partial charge in [0.2, 0.25) is 0 Å². The minimum Gasteiger partial charge on any atom is -0.493 e. The fourth-order valence-electron chi connectivity index (χ4n) is 4.35. The van der Waals surface area contributed by atoms with Crippen LogP contribution in [0.3, 0.4) is 0 Å². The SMILES string of the molecule is C=CC(=O)OCCCOc1ccc(/C=C/C(=O)Oc2ccc(/C=C/C(=O)OCC3CCC(COC(=O)C=C)CC3)cc2)cc1. The number of benzene rings is 2. The van der Waals surface area contributed by atoms with Crippen LogP contribution in [0.2, 0.25) is 0 Å². The summed E-state index contributed by atoms with van der Waals surface area (Å²) in [6.45, 7) is 8.15. The molecule has 0 aliphatic heterocycles. The van der Waals surface area contributed by atoms with Crippen molar-refractivity contribution in [1.29, 1.82) is 0 Å². The van der Waals surface area contributed by atoms with Crippen molar-refractivity contribution in [3.63, 3.8) is 0 Å². The van der Waals surface area contributed by atoms with Crippen molar-refractivity contribution in [3.8, 4) is 11.5 Å². The minimum absolute atomic E-state index is 0.255. The van der Waals surface area contributed by atoms with Crippen LogP contribution in [0.1, 0.15) is 43.2 Å². The van der Waals surface area contributed by atoms with Gasteiger partial charge >= 0.3 is 23.9 Å². The van der Waals surface area contributed by atoms with Crippen LogP contribution in [0.5, 0.6) is 11.5 Å². The molecule has 9 heteroatoms. The first-order valence-corrected chi connectivity index (χ1v) is 14.5. The lowest BCUT2D eigenvalue weighted by atomic mass is 9.83. The van der Waals surface area contributed by atoms with E-state index in [9.17, 15) is 19.2 Å². The van der Waals surface area contributed by atoms with Gasteiger partial charge < -0.3 is 23.7 Å². The van der Waals surface area contributed by atoms with Gasteiger partial charge in [-0.2, -0.15) is 0 Å². The topological polar surface area (TPSA) is 114 Å². The van der Waals surface area contributed by atoms with Crippen LogP contribution in [0, 0.1) is 11.8 Å². The Kier molecular flexibility index (Phi) is 14.2. The molecule has 2 aromatic carbocycles. The summed E-state index contributed by atoms with van der Waals surface area (Å²) in [5.41, 5.74) is 1.55. The Morgan fingerprint density at radius 3 is 1.64 bits per heavy atom. The summed E-state index contributed by atoms with van der Waals surface area (Å²) >= 11 is 0. The van der Waals surface area contributed by atoms with E-state index in [1.54, 1.807) is 60.7 Å². The maximum absolute atomic E-state index is 12.2. The second-order valence-electron chi connectivity index (χ2n) is 10.2. The second kappa shape index (κ2) is 18.6. The molecular weight excluding hydrogens is 564 g/mol. The molecule has 0 spiro atoms. The molecule has 0 atom stereocenters. The maximum Gasteiger partial charge on any atom is 0.336 e. The average molecular weight is 603 g/mol. The first-order valence-electron chi connectivity index (χ1n) is 14.5. The van der Waals surface area contributed by atoms with E-state index in [0.29, 0.717) is 49.6 Å². The molecule has 1 fully saturated rings. The number of esters is 4. The van der Waals surface area contributed by atoms with E-state index in [-0.39, 0.29) is 6.61 Å². The van der Waals surface area contributed by atoms with Gasteiger partial charge in [0.05, 0.1) is 26.4 Å². The Morgan fingerprint density at radius 2 is 1.09 bits per heavy atom. The highest BCUT2D eigenvalue weighted by atomic mass is 16.5. The van der Waals surface area contributed by atoms with Crippen LogP contribution >= 0.6 is 0 Å². The van der Waals surface area contributed by atoms with Crippen molar-refractivity contribution in [2.75, 3.05) is 26.4 Å². The summed E-state index contributed by atoms with van der Waals surface area (Å²) in [7, 11) is 0. The average Bonchev–Trinajstić information content (AvgIpc) is 3.05. The number of carbonyl (C=O) groups is 4. The zero-order chi connectivity index (χ0) is 31.6. The van der Waals surface area contributed by atoms with E-state index in [2.05, 4.69) is 13.2 Å². The summed E-state index contributed by atoms with van der Waals surface area (Å²) in [5.74, 6) is -0.142. The summed E-state index contributed by atoms with van der Waals surface area (Å²) in [6.07, 6.45) is 12.5. The summed E-state index contributed by atoms with van der Waals surface area (Å²) in [6, 6.07) is 13.9. The molecule has 1 aliphatic rings. The fourth-order valence-corrected chi connectivity index (χ4v) is 4.35. The number of hydrogen-bond donors (Lipinski definition) is 0. The van der Waals surface area contributed by atoms with Gasteiger partial charge in [-0.15, -0.1) is 0 Å². The standard InChI is InChI=1S/C35H38O9/c1-3-32(36)41-23-5-22-40-30-16-10-26(11-17-30)15-21-35(39)44-31-18-12-27(13-19-31)14-20-34(38)43-25-29-8-6-28(7-9-29)24-42-33(37)4-2/h3-4,10-21,28-29H,1-2,5-9,22-25H2/b20-14+,21-15+. The molecule has 9 nitrogen and oxygen atoms in total. The van der Waals surface area contributed by atoms with Gasteiger partial charge in [0.25, 0.3) is 0 Å². The lowest BCUT2D eigenvalue weighted by Crippen LogP contribution is -2.23. The van der Waals surface area contributed by atoms with Crippen molar-refractivity contribution in [1.82, 2.24) is 0 Å². The highest BCUT2D eigenvalue weighted by Gasteiger charge is 2.23. The zero-order valence-electron chi connectivity index (χ0n) is 24.7. The molecule has 0 heterocycles. The Bertz CT molecular complexity index is 1310. The molecule has 1 saturated carbocycles. The number of ether oxygens (including phenoxy) is 5. The highest BCUT2D eigenvalue weighted by Crippen LogP contribution is 2.29. The molecule has 44 heavy (non-hydrogen) atoms. The Hall–Kier alpha value is -4.92. The first kappa shape index (κ1) is 33.6. The third-order valence-electron chi connectivity index (χ3n) is 6.83. The quantitative estimate of drug-likeness (QED) is 0.0762. The Morgan fingerprint density at radius 1 is 0.614 bits per heavy atom. The third kappa shape index (κ3) is 12.9. The predicted octanol–water partition coefficient (Wildman–Crippen LogP) is 5.90. The highest BCUT2D eigenvalue weighted by molar-refractivity contribution is 5.89. The molecule has 1 aliphatic carbocycles. The van der Waals surface area contributed by atoms with Crippen LogP contribution in [-0.2, 0) is 33.4 Å². The van der Waals surface area contributed by atoms with E-state index in [4.69, 9.17) is 23.7 Å². The van der Waals surface area contributed by atoms with Crippen LogP contribution < -0.4 is 9.47 Å². The lowest BCUT2D eigenvalue weighted by Gasteiger charge is -2.27. The molecule has 0 bridgehead atoms. The summed E-state index contributed by atoms with van der Waals surface area (Å²) in [5, 5.41) is 0. The Labute approximate surface area is 257 Å². The van der Waals surface area contributed by atoms with Crippen LogP contribution in [-0.4, -0.2) is 50.3 Å². The van der Waals surface area contributed by atoms with Crippen molar-refractivity contribution >= 4 is 36.0 Å². The summed E-state index contributed by atoms with van der Waals surface area (Å²) < 4.78 is 26.4. The molecule has 0 unspecified atom stereocenters. The van der Waals surface area contributed by atoms with Crippen molar-refractivity contribution in [2.45, 2.75) is 32.1 Å². The van der Waals surface area contributed by atoms with Crippen molar-refractivity contribution in [2.24, 2.45) is 11.8 Å².